The molecule has 0 radical (unpaired) electrons. The Balaban J connectivity index is 2.34. The van der Waals surface area contributed by atoms with Crippen LogP contribution in [0.2, 0.25) is 0 Å². The molecule has 0 aromatic heterocycles. The summed E-state index contributed by atoms with van der Waals surface area (Å²) in [4.78, 5) is 0. The summed E-state index contributed by atoms with van der Waals surface area (Å²) in [6.45, 7) is 0.821. The van der Waals surface area contributed by atoms with E-state index in [9.17, 15) is 4.39 Å². The van der Waals surface area contributed by atoms with Gasteiger partial charge in [0.1, 0.15) is 0 Å². The maximum absolute atomic E-state index is 11.6. The van der Waals surface area contributed by atoms with Gasteiger partial charge in [-0.05, 0) is 6.08 Å². The van der Waals surface area contributed by atoms with E-state index < -0.39 is 0 Å². The van der Waals surface area contributed by atoms with E-state index in [1.807, 2.05) is 0 Å². The van der Waals surface area contributed by atoms with Gasteiger partial charge >= 0.3 is 0 Å². The van der Waals surface area contributed by atoms with Gasteiger partial charge in [-0.15, -0.1) is 0 Å². The number of halogens is 1. The van der Waals surface area contributed by atoms with Gasteiger partial charge in [-0.2, -0.15) is 0 Å². The lowest BCUT2D eigenvalue weighted by Crippen LogP contribution is -2.41. The van der Waals surface area contributed by atoms with Crippen LogP contribution in [0.4, 0.5) is 4.39 Å². The maximum Gasteiger partial charge on any atom is 0.0997 e. The average molecular weight is 144 g/mol. The highest BCUT2D eigenvalue weighted by molar-refractivity contribution is 4.78. The van der Waals surface area contributed by atoms with E-state index in [0.29, 0.717) is 6.33 Å². The van der Waals surface area contributed by atoms with E-state index in [0.717, 1.165) is 17.1 Å². The summed E-state index contributed by atoms with van der Waals surface area (Å²) in [5, 5.41) is 0. The molecule has 1 nitrogen and oxygen atoms in total. The van der Waals surface area contributed by atoms with Crippen molar-refractivity contribution in [1.82, 2.24) is 0 Å². The van der Waals surface area contributed by atoms with E-state index in [2.05, 4.69) is 14.1 Å². The number of likely N-dealkylation sites (N-methyl/N-ethyl adjacent to an activating group) is 1. The van der Waals surface area contributed by atoms with Crippen molar-refractivity contribution < 1.29 is 8.87 Å². The van der Waals surface area contributed by atoms with Crippen LogP contribution in [0.3, 0.4) is 0 Å². The summed E-state index contributed by atoms with van der Waals surface area (Å²) in [7, 11) is 4.30. The molecule has 0 aromatic rings. The zero-order chi connectivity index (χ0) is 7.61. The minimum Gasteiger partial charge on any atom is -0.323 e. The first kappa shape index (κ1) is 7.73. The smallest absolute Gasteiger partial charge is 0.0997 e. The molecule has 0 N–H and O–H groups in total. The van der Waals surface area contributed by atoms with Gasteiger partial charge in [0.05, 0.1) is 33.0 Å². The van der Waals surface area contributed by atoms with Gasteiger partial charge in [-0.1, -0.05) is 0 Å². The Morgan fingerprint density at radius 1 is 1.50 bits per heavy atom. The monoisotopic (exact) mass is 144 g/mol. The summed E-state index contributed by atoms with van der Waals surface area (Å²) in [6.07, 6.45) is 4.86. The van der Waals surface area contributed by atoms with Crippen LogP contribution in [-0.4, -0.2) is 31.2 Å². The normalized spacial score (nSPS) is 20.3. The van der Waals surface area contributed by atoms with E-state index >= 15 is 0 Å². The van der Waals surface area contributed by atoms with Crippen LogP contribution in [0, 0.1) is 0 Å². The summed E-state index contributed by atoms with van der Waals surface area (Å²) < 4.78 is 12.6. The molecule has 58 valence electrons. The van der Waals surface area contributed by atoms with Gasteiger partial charge in [-0.3, -0.25) is 0 Å². The molecule has 0 bridgehead atoms. The lowest BCUT2D eigenvalue weighted by molar-refractivity contribution is -0.895. The Labute approximate surface area is 61.7 Å². The van der Waals surface area contributed by atoms with Crippen molar-refractivity contribution in [2.24, 2.45) is 0 Å². The SMILES string of the molecule is C[N+](C)(C/C=C\F)C1CC1. The second-order valence-electron chi connectivity index (χ2n) is 3.55. The molecule has 1 fully saturated rings. The van der Waals surface area contributed by atoms with Crippen LogP contribution < -0.4 is 0 Å². The first-order valence-electron chi connectivity index (χ1n) is 3.75. The summed E-state index contributed by atoms with van der Waals surface area (Å²) >= 11 is 0. The number of hydrogen-bond acceptors (Lipinski definition) is 0. The molecule has 0 aliphatic heterocycles. The second kappa shape index (κ2) is 2.70. The van der Waals surface area contributed by atoms with E-state index in [4.69, 9.17) is 0 Å². The van der Waals surface area contributed by atoms with Crippen molar-refractivity contribution in [3.63, 3.8) is 0 Å². The van der Waals surface area contributed by atoms with Crippen molar-refractivity contribution in [3.8, 4) is 0 Å². The Bertz CT molecular complexity index is 136. The molecule has 0 atom stereocenters. The summed E-state index contributed by atoms with van der Waals surface area (Å²) in [5.41, 5.74) is 0. The fraction of sp³-hybridized carbons (Fsp3) is 0.750. The fourth-order valence-electron chi connectivity index (χ4n) is 1.23. The third kappa shape index (κ3) is 1.81. The Kier molecular flexibility index (Phi) is 2.09. The number of nitrogens with zero attached hydrogens (tertiary/aromatic N) is 1. The van der Waals surface area contributed by atoms with Gasteiger partial charge in [0.25, 0.3) is 0 Å². The van der Waals surface area contributed by atoms with Crippen molar-refractivity contribution in [2.45, 2.75) is 18.9 Å². The predicted molar refractivity (Wildman–Crippen MR) is 40.2 cm³/mol. The summed E-state index contributed by atoms with van der Waals surface area (Å²) in [5.74, 6) is 0. The second-order valence-corrected chi connectivity index (χ2v) is 3.55. The quantitative estimate of drug-likeness (QED) is 0.529. The van der Waals surface area contributed by atoms with E-state index in [1.54, 1.807) is 6.08 Å². The molecule has 2 heteroatoms. The highest BCUT2D eigenvalue weighted by Crippen LogP contribution is 2.30. The van der Waals surface area contributed by atoms with E-state index in [1.165, 1.54) is 12.8 Å². The first-order valence-corrected chi connectivity index (χ1v) is 3.75. The minimum atomic E-state index is 0.641. The van der Waals surface area contributed by atoms with Gasteiger partial charge in [-0.25, -0.2) is 4.39 Å². The Morgan fingerprint density at radius 3 is 2.50 bits per heavy atom. The molecule has 1 aliphatic rings. The van der Waals surface area contributed by atoms with Crippen molar-refractivity contribution in [2.75, 3.05) is 20.6 Å². The van der Waals surface area contributed by atoms with Gasteiger partial charge in [0, 0.05) is 12.8 Å². The highest BCUT2D eigenvalue weighted by Gasteiger charge is 2.37. The predicted octanol–water partition coefficient (Wildman–Crippen LogP) is 1.71. The molecule has 0 unspecified atom stereocenters. The topological polar surface area (TPSA) is 0 Å². The van der Waals surface area contributed by atoms with Crippen molar-refractivity contribution in [1.29, 1.82) is 0 Å². The van der Waals surface area contributed by atoms with Crippen LogP contribution in [0.1, 0.15) is 12.8 Å². The molecular formula is C8H15FN+. The number of quaternary nitrogens is 1. The lowest BCUT2D eigenvalue weighted by Gasteiger charge is -2.28. The maximum atomic E-state index is 11.6. The van der Waals surface area contributed by atoms with Crippen LogP contribution in [0.15, 0.2) is 12.4 Å². The van der Waals surface area contributed by atoms with Crippen molar-refractivity contribution in [3.05, 3.63) is 12.4 Å². The first-order chi connectivity index (χ1) is 4.67. The fourth-order valence-corrected chi connectivity index (χ4v) is 1.23. The third-order valence-corrected chi connectivity index (χ3v) is 2.20. The van der Waals surface area contributed by atoms with Gasteiger partial charge < -0.3 is 4.48 Å². The van der Waals surface area contributed by atoms with E-state index in [-0.39, 0.29) is 0 Å². The van der Waals surface area contributed by atoms with Crippen LogP contribution in [0.5, 0.6) is 0 Å². The van der Waals surface area contributed by atoms with Crippen LogP contribution in [0.25, 0.3) is 0 Å². The summed E-state index contributed by atoms with van der Waals surface area (Å²) in [6, 6.07) is 0.788. The number of rotatable bonds is 3. The molecular weight excluding hydrogens is 129 g/mol. The van der Waals surface area contributed by atoms with Gasteiger partial charge in [0.2, 0.25) is 0 Å². The largest absolute Gasteiger partial charge is 0.323 e. The minimum absolute atomic E-state index is 0.641. The van der Waals surface area contributed by atoms with Gasteiger partial charge in [0.15, 0.2) is 0 Å². The van der Waals surface area contributed by atoms with Crippen molar-refractivity contribution >= 4 is 0 Å². The zero-order valence-corrected chi connectivity index (χ0v) is 6.68. The molecule has 0 heterocycles. The third-order valence-electron chi connectivity index (χ3n) is 2.20. The van der Waals surface area contributed by atoms with Crippen LogP contribution in [-0.2, 0) is 0 Å². The highest BCUT2D eigenvalue weighted by atomic mass is 19.1. The Morgan fingerprint density at radius 2 is 2.10 bits per heavy atom. The molecule has 0 aromatic carbocycles. The molecule has 1 rings (SSSR count). The molecule has 1 saturated carbocycles. The molecule has 0 amide bonds. The average Bonchev–Trinajstić information content (AvgIpc) is 2.64. The number of hydrogen-bond donors (Lipinski definition) is 0. The molecule has 1 aliphatic carbocycles. The Hall–Kier alpha value is -0.370. The van der Waals surface area contributed by atoms with Crippen LogP contribution >= 0.6 is 0 Å². The molecule has 0 spiro atoms. The standard InChI is InChI=1S/C8H15FN/c1-10(2,7-3-6-9)8-4-5-8/h3,6,8H,4-5,7H2,1-2H3/q+1/b6-3-. The zero-order valence-electron chi connectivity index (χ0n) is 6.68. The lowest BCUT2D eigenvalue weighted by atomic mass is 10.4. The molecule has 10 heavy (non-hydrogen) atoms. The molecule has 0 saturated heterocycles.